The Hall–Kier alpha value is -3.41. The first-order valence-corrected chi connectivity index (χ1v) is 9.89. The lowest BCUT2D eigenvalue weighted by molar-refractivity contribution is 0.0951. The predicted molar refractivity (Wildman–Crippen MR) is 113 cm³/mol. The molecule has 0 bridgehead atoms. The minimum Gasteiger partial charge on any atom is -0.493 e. The number of rotatable bonds is 7. The molecule has 4 rings (SSSR count). The highest BCUT2D eigenvalue weighted by molar-refractivity contribution is 6.09. The van der Waals surface area contributed by atoms with Crippen LogP contribution in [0.15, 0.2) is 54.9 Å². The molecule has 0 aliphatic rings. The summed E-state index contributed by atoms with van der Waals surface area (Å²) in [5, 5.41) is 9.36. The van der Waals surface area contributed by atoms with Gasteiger partial charge in [0.05, 0.1) is 17.9 Å². The van der Waals surface area contributed by atoms with Gasteiger partial charge in [-0.15, -0.1) is 0 Å². The van der Waals surface area contributed by atoms with Crippen molar-refractivity contribution in [1.29, 1.82) is 0 Å². The third-order valence-corrected chi connectivity index (χ3v) is 4.83. The summed E-state index contributed by atoms with van der Waals surface area (Å²) in [4.78, 5) is 17.4. The first-order valence-electron chi connectivity index (χ1n) is 9.89. The van der Waals surface area contributed by atoms with E-state index in [1.54, 1.807) is 4.52 Å². The third-order valence-electron chi connectivity index (χ3n) is 4.83. The Morgan fingerprint density at radius 1 is 1.21 bits per heavy atom. The van der Waals surface area contributed by atoms with Gasteiger partial charge in [0.15, 0.2) is 5.65 Å². The second-order valence-corrected chi connectivity index (χ2v) is 7.00. The minimum atomic E-state index is -0.110. The van der Waals surface area contributed by atoms with Crippen LogP contribution in [0.2, 0.25) is 0 Å². The van der Waals surface area contributed by atoms with E-state index < -0.39 is 0 Å². The summed E-state index contributed by atoms with van der Waals surface area (Å²) in [5.74, 6) is 0.508. The number of hydrogen-bond donors (Lipinski definition) is 1. The number of aryl methyl sites for hydroxylation is 2. The summed E-state index contributed by atoms with van der Waals surface area (Å²) in [7, 11) is 0. The largest absolute Gasteiger partial charge is 0.493 e. The van der Waals surface area contributed by atoms with Crippen molar-refractivity contribution in [2.75, 3.05) is 13.2 Å². The summed E-state index contributed by atoms with van der Waals surface area (Å²) >= 11 is 0. The molecule has 0 unspecified atom stereocenters. The first kappa shape index (κ1) is 18.9. The highest BCUT2D eigenvalue weighted by atomic mass is 16.5. The zero-order chi connectivity index (χ0) is 20.2. The van der Waals surface area contributed by atoms with Crippen LogP contribution < -0.4 is 10.1 Å². The molecule has 0 radical (unpaired) electrons. The van der Waals surface area contributed by atoms with E-state index >= 15 is 0 Å². The number of fused-ring (bicyclic) bond motifs is 2. The molecule has 6 nitrogen and oxygen atoms in total. The van der Waals surface area contributed by atoms with Crippen LogP contribution in [-0.2, 0) is 6.42 Å². The highest BCUT2D eigenvalue weighted by Crippen LogP contribution is 2.28. The number of carbonyl (C=O) groups is 1. The smallest absolute Gasteiger partial charge is 0.255 e. The zero-order valence-electron chi connectivity index (χ0n) is 16.7. The van der Waals surface area contributed by atoms with E-state index in [1.807, 2.05) is 68.7 Å². The standard InChI is InChI=1S/C23H24N4O2/c1-3-29-20-11-10-18-8-4-5-9-19(18)22(20)23(28)24-12-6-7-17-14-25-21-13-16(2)26-27(21)15-17/h4-5,8-11,13-15H,3,6-7,12H2,1-2H3,(H,24,28). The van der Waals surface area contributed by atoms with Crippen LogP contribution >= 0.6 is 0 Å². The summed E-state index contributed by atoms with van der Waals surface area (Å²) in [6.07, 6.45) is 5.50. The fourth-order valence-corrected chi connectivity index (χ4v) is 3.51. The fraction of sp³-hybridized carbons (Fsp3) is 0.261. The van der Waals surface area contributed by atoms with Crippen molar-refractivity contribution in [2.45, 2.75) is 26.7 Å². The van der Waals surface area contributed by atoms with Gasteiger partial charge in [-0.3, -0.25) is 4.79 Å². The number of nitrogens with zero attached hydrogens (tertiary/aromatic N) is 3. The number of ether oxygens (including phenoxy) is 1. The van der Waals surface area contributed by atoms with Crippen molar-refractivity contribution in [3.63, 3.8) is 0 Å². The van der Waals surface area contributed by atoms with Crippen LogP contribution in [-0.4, -0.2) is 33.7 Å². The monoisotopic (exact) mass is 388 g/mol. The molecule has 4 aromatic rings. The number of amides is 1. The van der Waals surface area contributed by atoms with Gasteiger partial charge in [0, 0.05) is 25.0 Å². The second kappa shape index (κ2) is 8.31. The maximum absolute atomic E-state index is 12.9. The van der Waals surface area contributed by atoms with E-state index in [0.717, 1.165) is 40.5 Å². The highest BCUT2D eigenvalue weighted by Gasteiger charge is 2.16. The molecular formula is C23H24N4O2. The minimum absolute atomic E-state index is 0.110. The van der Waals surface area contributed by atoms with E-state index in [0.29, 0.717) is 24.5 Å². The van der Waals surface area contributed by atoms with Gasteiger partial charge in [-0.1, -0.05) is 30.3 Å². The van der Waals surface area contributed by atoms with Crippen molar-refractivity contribution in [3.05, 3.63) is 71.7 Å². The summed E-state index contributed by atoms with van der Waals surface area (Å²) in [6.45, 7) is 4.96. The molecule has 6 heteroatoms. The van der Waals surface area contributed by atoms with Gasteiger partial charge in [0.1, 0.15) is 5.75 Å². The molecule has 29 heavy (non-hydrogen) atoms. The number of hydrogen-bond acceptors (Lipinski definition) is 4. The molecule has 0 atom stereocenters. The first-order chi connectivity index (χ1) is 14.2. The van der Waals surface area contributed by atoms with Gasteiger partial charge in [-0.25, -0.2) is 9.50 Å². The summed E-state index contributed by atoms with van der Waals surface area (Å²) in [6, 6.07) is 13.7. The number of benzene rings is 2. The molecule has 2 heterocycles. The molecule has 0 fully saturated rings. The van der Waals surface area contributed by atoms with Crippen LogP contribution in [0.5, 0.6) is 5.75 Å². The van der Waals surface area contributed by atoms with Crippen molar-refractivity contribution in [2.24, 2.45) is 0 Å². The molecule has 0 saturated carbocycles. The van der Waals surface area contributed by atoms with Crippen molar-refractivity contribution in [1.82, 2.24) is 19.9 Å². The lowest BCUT2D eigenvalue weighted by atomic mass is 10.0. The normalized spacial score (nSPS) is 11.1. The van der Waals surface area contributed by atoms with Gasteiger partial charge in [-0.05, 0) is 49.1 Å². The average molecular weight is 388 g/mol. The lowest BCUT2D eigenvalue weighted by Crippen LogP contribution is -2.25. The van der Waals surface area contributed by atoms with Crippen molar-refractivity contribution >= 4 is 22.3 Å². The number of aromatic nitrogens is 3. The van der Waals surface area contributed by atoms with E-state index in [4.69, 9.17) is 4.74 Å². The van der Waals surface area contributed by atoms with Crippen LogP contribution in [0.25, 0.3) is 16.4 Å². The van der Waals surface area contributed by atoms with E-state index in [2.05, 4.69) is 15.4 Å². The topological polar surface area (TPSA) is 68.5 Å². The maximum Gasteiger partial charge on any atom is 0.255 e. The summed E-state index contributed by atoms with van der Waals surface area (Å²) in [5.41, 5.74) is 3.48. The van der Waals surface area contributed by atoms with Gasteiger partial charge in [0.25, 0.3) is 5.91 Å². The molecule has 0 aliphatic carbocycles. The SMILES string of the molecule is CCOc1ccc2ccccc2c1C(=O)NCCCc1cnc2cc(C)nn2c1. The molecule has 0 spiro atoms. The van der Waals surface area contributed by atoms with Gasteiger partial charge in [0.2, 0.25) is 0 Å². The van der Waals surface area contributed by atoms with Crippen molar-refractivity contribution < 1.29 is 9.53 Å². The number of nitrogens with one attached hydrogen (secondary N) is 1. The predicted octanol–water partition coefficient (Wildman–Crippen LogP) is 3.95. The molecule has 2 aromatic carbocycles. The Balaban J connectivity index is 1.43. The Morgan fingerprint density at radius 3 is 2.93 bits per heavy atom. The lowest BCUT2D eigenvalue weighted by Gasteiger charge is -2.13. The van der Waals surface area contributed by atoms with Gasteiger partial charge in [-0.2, -0.15) is 5.10 Å². The Morgan fingerprint density at radius 2 is 2.07 bits per heavy atom. The van der Waals surface area contributed by atoms with Crippen LogP contribution in [0.1, 0.15) is 35.0 Å². The third kappa shape index (κ3) is 4.06. The van der Waals surface area contributed by atoms with E-state index in [1.165, 1.54) is 0 Å². The summed E-state index contributed by atoms with van der Waals surface area (Å²) < 4.78 is 7.51. The molecule has 148 valence electrons. The molecule has 0 saturated heterocycles. The van der Waals surface area contributed by atoms with Crippen LogP contribution in [0.3, 0.4) is 0 Å². The molecule has 2 aromatic heterocycles. The molecule has 1 N–H and O–H groups in total. The Kier molecular flexibility index (Phi) is 5.42. The van der Waals surface area contributed by atoms with Gasteiger partial charge < -0.3 is 10.1 Å². The zero-order valence-corrected chi connectivity index (χ0v) is 16.7. The van der Waals surface area contributed by atoms with Gasteiger partial charge >= 0.3 is 0 Å². The van der Waals surface area contributed by atoms with Crippen LogP contribution in [0.4, 0.5) is 0 Å². The van der Waals surface area contributed by atoms with Crippen LogP contribution in [0, 0.1) is 6.92 Å². The van der Waals surface area contributed by atoms with E-state index in [-0.39, 0.29) is 5.91 Å². The maximum atomic E-state index is 12.9. The molecule has 0 aliphatic heterocycles. The Labute approximate surface area is 169 Å². The fourth-order valence-electron chi connectivity index (χ4n) is 3.51. The number of carbonyl (C=O) groups excluding carboxylic acids is 1. The quantitative estimate of drug-likeness (QED) is 0.487. The second-order valence-electron chi connectivity index (χ2n) is 7.00. The molecular weight excluding hydrogens is 364 g/mol. The van der Waals surface area contributed by atoms with Crippen molar-refractivity contribution in [3.8, 4) is 5.75 Å². The van der Waals surface area contributed by atoms with E-state index in [9.17, 15) is 4.79 Å². The average Bonchev–Trinajstić information content (AvgIpc) is 3.10. The Bertz CT molecular complexity index is 1170. The molecule has 1 amide bonds.